The molecule has 0 amide bonds. The molecule has 0 bridgehead atoms. The molecule has 0 aliphatic carbocycles. The summed E-state index contributed by atoms with van der Waals surface area (Å²) in [5.74, 6) is 0. The van der Waals surface area contributed by atoms with Gasteiger partial charge in [-0.3, -0.25) is 0 Å². The molecule has 0 saturated carbocycles. The lowest BCUT2D eigenvalue weighted by atomic mass is 10.0. The Morgan fingerprint density at radius 3 is 2.25 bits per heavy atom. The molecule has 82 valence electrons. The summed E-state index contributed by atoms with van der Waals surface area (Å²) in [6, 6.07) is 12.0. The predicted octanol–water partition coefficient (Wildman–Crippen LogP) is 5.84. The van der Waals surface area contributed by atoms with Crippen LogP contribution in [0.4, 0.5) is 0 Å². The molecule has 16 heavy (non-hydrogen) atoms. The van der Waals surface area contributed by atoms with Gasteiger partial charge in [0.25, 0.3) is 0 Å². The van der Waals surface area contributed by atoms with Crippen LogP contribution in [0.1, 0.15) is 5.56 Å². The van der Waals surface area contributed by atoms with Crippen LogP contribution in [0.5, 0.6) is 0 Å². The zero-order valence-electron chi connectivity index (χ0n) is 8.60. The lowest BCUT2D eigenvalue weighted by Crippen LogP contribution is -1.85. The Kier molecular flexibility index (Phi) is 3.73. The van der Waals surface area contributed by atoms with Crippen LogP contribution in [0.25, 0.3) is 11.1 Å². The second-order valence-corrected chi connectivity index (χ2v) is 5.77. The van der Waals surface area contributed by atoms with Crippen molar-refractivity contribution in [1.29, 1.82) is 0 Å². The van der Waals surface area contributed by atoms with Gasteiger partial charge in [0.2, 0.25) is 0 Å². The van der Waals surface area contributed by atoms with Gasteiger partial charge in [0.05, 0.1) is 0 Å². The lowest BCUT2D eigenvalue weighted by Gasteiger charge is -2.09. The summed E-state index contributed by atoms with van der Waals surface area (Å²) in [7, 11) is 0. The fourth-order valence-electron chi connectivity index (χ4n) is 1.58. The van der Waals surface area contributed by atoms with Gasteiger partial charge in [-0.15, -0.1) is 0 Å². The van der Waals surface area contributed by atoms with Crippen molar-refractivity contribution in [2.45, 2.75) is 6.92 Å². The third-order valence-electron chi connectivity index (χ3n) is 2.46. The Morgan fingerprint density at radius 2 is 1.62 bits per heavy atom. The van der Waals surface area contributed by atoms with Crippen LogP contribution in [-0.4, -0.2) is 0 Å². The smallest absolute Gasteiger partial charge is 0.0406 e. The van der Waals surface area contributed by atoms with E-state index in [1.54, 1.807) is 0 Å². The minimum absolute atomic E-state index is 0.760. The maximum Gasteiger partial charge on any atom is 0.0406 e. The van der Waals surface area contributed by atoms with Gasteiger partial charge in [-0.2, -0.15) is 0 Å². The molecule has 0 unspecified atom stereocenters. The fourth-order valence-corrected chi connectivity index (χ4v) is 2.93. The average molecular weight is 360 g/mol. The molecule has 0 heterocycles. The van der Waals surface area contributed by atoms with Gasteiger partial charge in [0, 0.05) is 14.0 Å². The molecule has 0 atom stereocenters. The molecular weight excluding hydrogens is 351 g/mol. The minimum Gasteiger partial charge on any atom is -0.0843 e. The number of halogens is 3. The Labute approximate surface area is 117 Å². The van der Waals surface area contributed by atoms with E-state index in [1.807, 2.05) is 24.3 Å². The van der Waals surface area contributed by atoms with Crippen molar-refractivity contribution < 1.29 is 0 Å². The molecule has 0 nitrogen and oxygen atoms in total. The summed E-state index contributed by atoms with van der Waals surface area (Å²) >= 11 is 12.9. The molecule has 2 rings (SSSR count). The van der Waals surface area contributed by atoms with E-state index >= 15 is 0 Å². The second-order valence-electron chi connectivity index (χ2n) is 3.57. The summed E-state index contributed by atoms with van der Waals surface area (Å²) in [6.45, 7) is 2.10. The lowest BCUT2D eigenvalue weighted by molar-refractivity contribution is 1.41. The molecule has 0 saturated heterocycles. The molecule has 0 aliphatic heterocycles. The maximum absolute atomic E-state index is 5.88. The van der Waals surface area contributed by atoms with Crippen molar-refractivity contribution in [2.24, 2.45) is 0 Å². The highest BCUT2D eigenvalue weighted by Crippen LogP contribution is 2.32. The third kappa shape index (κ3) is 2.50. The van der Waals surface area contributed by atoms with Gasteiger partial charge in [-0.25, -0.2) is 0 Å². The van der Waals surface area contributed by atoms with E-state index in [0.29, 0.717) is 0 Å². The van der Waals surface area contributed by atoms with Crippen LogP contribution in [0.2, 0.25) is 5.02 Å². The summed E-state index contributed by atoms with van der Waals surface area (Å²) in [5, 5.41) is 0.760. The van der Waals surface area contributed by atoms with Gasteiger partial charge < -0.3 is 0 Å². The van der Waals surface area contributed by atoms with Gasteiger partial charge in [-0.1, -0.05) is 55.6 Å². The van der Waals surface area contributed by atoms with E-state index in [4.69, 9.17) is 11.6 Å². The molecule has 0 radical (unpaired) electrons. The number of benzene rings is 2. The quantitative estimate of drug-likeness (QED) is 0.599. The summed E-state index contributed by atoms with van der Waals surface area (Å²) < 4.78 is 2.17. The predicted molar refractivity (Wildman–Crippen MR) is 77.0 cm³/mol. The van der Waals surface area contributed by atoms with Crippen LogP contribution in [0.15, 0.2) is 45.3 Å². The number of hydrogen-bond donors (Lipinski definition) is 0. The van der Waals surface area contributed by atoms with Crippen molar-refractivity contribution in [1.82, 2.24) is 0 Å². The SMILES string of the molecule is Cc1c(Br)cc(Br)cc1-c1ccc(Cl)cc1. The van der Waals surface area contributed by atoms with E-state index in [0.717, 1.165) is 14.0 Å². The molecule has 0 spiro atoms. The van der Waals surface area contributed by atoms with Gasteiger partial charge in [0.15, 0.2) is 0 Å². The van der Waals surface area contributed by atoms with Gasteiger partial charge in [0.1, 0.15) is 0 Å². The first kappa shape index (κ1) is 12.2. The topological polar surface area (TPSA) is 0 Å². The van der Waals surface area contributed by atoms with Crippen LogP contribution >= 0.6 is 43.5 Å². The average Bonchev–Trinajstić information content (AvgIpc) is 2.25. The van der Waals surface area contributed by atoms with Crippen molar-refractivity contribution >= 4 is 43.5 Å². The fraction of sp³-hybridized carbons (Fsp3) is 0.0769. The van der Waals surface area contributed by atoms with E-state index in [2.05, 4.69) is 50.9 Å². The molecule has 0 fully saturated rings. The van der Waals surface area contributed by atoms with Crippen LogP contribution in [0.3, 0.4) is 0 Å². The largest absolute Gasteiger partial charge is 0.0843 e. The Balaban J connectivity index is 2.59. The van der Waals surface area contributed by atoms with Crippen molar-refractivity contribution in [3.05, 3.63) is 55.9 Å². The van der Waals surface area contributed by atoms with Crippen LogP contribution in [-0.2, 0) is 0 Å². The summed E-state index contributed by atoms with van der Waals surface area (Å²) in [4.78, 5) is 0. The van der Waals surface area contributed by atoms with Crippen molar-refractivity contribution in [3.8, 4) is 11.1 Å². The molecule has 3 heteroatoms. The van der Waals surface area contributed by atoms with Crippen LogP contribution in [0, 0.1) is 6.92 Å². The third-order valence-corrected chi connectivity index (χ3v) is 4.00. The zero-order valence-corrected chi connectivity index (χ0v) is 12.5. The standard InChI is InChI=1S/C13H9Br2Cl/c1-8-12(6-10(14)7-13(8)15)9-2-4-11(16)5-3-9/h2-7H,1H3. The molecule has 2 aromatic carbocycles. The highest BCUT2D eigenvalue weighted by atomic mass is 79.9. The number of rotatable bonds is 1. The monoisotopic (exact) mass is 358 g/mol. The summed E-state index contributed by atoms with van der Waals surface area (Å²) in [5.41, 5.74) is 3.60. The van der Waals surface area contributed by atoms with Crippen molar-refractivity contribution in [3.63, 3.8) is 0 Å². The first-order chi connectivity index (χ1) is 7.58. The molecule has 0 N–H and O–H groups in total. The van der Waals surface area contributed by atoms with E-state index < -0.39 is 0 Å². The second kappa shape index (κ2) is 4.91. The molecule has 0 aromatic heterocycles. The Morgan fingerprint density at radius 1 is 1.00 bits per heavy atom. The highest BCUT2D eigenvalue weighted by Gasteiger charge is 2.06. The summed E-state index contributed by atoms with van der Waals surface area (Å²) in [6.07, 6.45) is 0. The van der Waals surface area contributed by atoms with E-state index in [-0.39, 0.29) is 0 Å². The Hall–Kier alpha value is -0.310. The van der Waals surface area contributed by atoms with Gasteiger partial charge in [-0.05, 0) is 47.9 Å². The minimum atomic E-state index is 0.760. The molecule has 2 aromatic rings. The van der Waals surface area contributed by atoms with Crippen molar-refractivity contribution in [2.75, 3.05) is 0 Å². The van der Waals surface area contributed by atoms with E-state index in [9.17, 15) is 0 Å². The first-order valence-corrected chi connectivity index (χ1v) is 6.76. The molecule has 0 aliphatic rings. The normalized spacial score (nSPS) is 10.5. The Bertz CT molecular complexity index is 518. The van der Waals surface area contributed by atoms with E-state index in [1.165, 1.54) is 16.7 Å². The van der Waals surface area contributed by atoms with Gasteiger partial charge >= 0.3 is 0 Å². The maximum atomic E-state index is 5.88. The first-order valence-electron chi connectivity index (χ1n) is 4.79. The molecular formula is C13H9Br2Cl. The van der Waals surface area contributed by atoms with Crippen LogP contribution < -0.4 is 0 Å². The number of hydrogen-bond acceptors (Lipinski definition) is 0. The highest BCUT2D eigenvalue weighted by molar-refractivity contribution is 9.11. The zero-order chi connectivity index (χ0) is 11.7.